The lowest BCUT2D eigenvalue weighted by molar-refractivity contribution is -0.148. The summed E-state index contributed by atoms with van der Waals surface area (Å²) < 4.78 is 97.5. The SMILES string of the molecule is CNC(=O)[C@]12C[C@H]1[C@@](C)(c1cc(/C=C(\F)c3cnc(OCC(F)(F)C(F)F)cn3)ccc1F)N=C(N(COCC[Si](C)(C)C)C(=O)OC(C)(C)C)S2. The summed E-state index contributed by atoms with van der Waals surface area (Å²) in [6, 6.07) is 4.62. The molecule has 1 aromatic heterocycles. The Morgan fingerprint density at radius 2 is 1.87 bits per heavy atom. The molecule has 0 unspecified atom stereocenters. The number of halogens is 6. The third kappa shape index (κ3) is 9.66. The molecule has 52 heavy (non-hydrogen) atoms. The molecule has 18 heteroatoms. The van der Waals surface area contributed by atoms with E-state index in [1.165, 1.54) is 24.1 Å². The molecule has 1 aliphatic carbocycles. The van der Waals surface area contributed by atoms with Crippen molar-refractivity contribution in [3.63, 3.8) is 0 Å². The van der Waals surface area contributed by atoms with Crippen LogP contribution in [0, 0.1) is 11.7 Å². The number of thioether (sulfide) groups is 1. The standard InChI is InChI=1S/C34H43F6N5O5SSi/c1-31(2,3)50-30(47)45(19-48-11-12-52(6,7)8)29-44-32(4,25-15-33(25,51-29)28(46)41-5)21-13-20(9-10-22(21)35)14-23(36)24-16-43-26(17-42-24)49-18-34(39,40)27(37)38/h9-10,13-14,16-17,25,27H,11-12,15,18-19H2,1-8H3,(H,41,46)/b23-14-/t25-,32+,33-/m0/s1. The van der Waals surface area contributed by atoms with Crippen LogP contribution in [0.15, 0.2) is 35.6 Å². The van der Waals surface area contributed by atoms with Crippen molar-refractivity contribution in [3.05, 3.63) is 53.2 Å². The van der Waals surface area contributed by atoms with Gasteiger partial charge in [-0.3, -0.25) is 9.79 Å². The Morgan fingerprint density at radius 1 is 1.17 bits per heavy atom. The molecule has 1 aliphatic heterocycles. The van der Waals surface area contributed by atoms with Crippen LogP contribution in [0.5, 0.6) is 5.88 Å². The van der Waals surface area contributed by atoms with Gasteiger partial charge in [0.2, 0.25) is 11.8 Å². The van der Waals surface area contributed by atoms with Crippen LogP contribution >= 0.6 is 11.8 Å². The van der Waals surface area contributed by atoms with E-state index in [0.29, 0.717) is 13.0 Å². The number of carbonyl (C=O) groups excluding carboxylic acids is 2. The number of hydrogen-bond donors (Lipinski definition) is 1. The van der Waals surface area contributed by atoms with Gasteiger partial charge in [0.05, 0.1) is 17.9 Å². The second-order valence-electron chi connectivity index (χ2n) is 14.9. The van der Waals surface area contributed by atoms with Gasteiger partial charge in [0.25, 0.3) is 0 Å². The highest BCUT2D eigenvalue weighted by Gasteiger charge is 2.71. The van der Waals surface area contributed by atoms with E-state index < -0.39 is 72.5 Å². The van der Waals surface area contributed by atoms with Gasteiger partial charge in [-0.15, -0.1) is 0 Å². The molecule has 0 spiro atoms. The van der Waals surface area contributed by atoms with Crippen LogP contribution in [-0.4, -0.2) is 89.8 Å². The van der Waals surface area contributed by atoms with Gasteiger partial charge in [0, 0.05) is 33.2 Å². The number of amidine groups is 1. The number of aliphatic imine (C=N–C) groups is 1. The number of ether oxygens (including phenoxy) is 3. The molecule has 0 radical (unpaired) electrons. The van der Waals surface area contributed by atoms with Gasteiger partial charge in [-0.25, -0.2) is 37.2 Å². The predicted octanol–water partition coefficient (Wildman–Crippen LogP) is 7.73. The lowest BCUT2D eigenvalue weighted by Gasteiger charge is -2.37. The van der Waals surface area contributed by atoms with Crippen molar-refractivity contribution < 1.29 is 50.1 Å². The highest BCUT2D eigenvalue weighted by Crippen LogP contribution is 2.66. The fourth-order valence-corrected chi connectivity index (χ4v) is 7.74. The Labute approximate surface area is 303 Å². The number of benzene rings is 1. The largest absolute Gasteiger partial charge is 0.470 e. The van der Waals surface area contributed by atoms with Gasteiger partial charge in [0.1, 0.15) is 28.6 Å². The molecular weight excluding hydrogens is 733 g/mol. The van der Waals surface area contributed by atoms with Crippen molar-refractivity contribution in [2.75, 3.05) is 27.0 Å². The van der Waals surface area contributed by atoms with Crippen molar-refractivity contribution in [2.24, 2.45) is 10.9 Å². The second kappa shape index (κ2) is 15.4. The maximum Gasteiger partial charge on any atom is 0.418 e. The van der Waals surface area contributed by atoms with Crippen LogP contribution in [0.4, 0.5) is 31.1 Å². The number of amides is 2. The Balaban J connectivity index is 1.69. The van der Waals surface area contributed by atoms with E-state index in [1.54, 1.807) is 27.7 Å². The van der Waals surface area contributed by atoms with Crippen LogP contribution in [0.3, 0.4) is 0 Å². The highest BCUT2D eigenvalue weighted by molar-refractivity contribution is 8.16. The summed E-state index contributed by atoms with van der Waals surface area (Å²) in [5.74, 6) is -7.43. The lowest BCUT2D eigenvalue weighted by Crippen LogP contribution is -2.48. The monoisotopic (exact) mass is 775 g/mol. The van der Waals surface area contributed by atoms with Crippen molar-refractivity contribution in [1.29, 1.82) is 0 Å². The van der Waals surface area contributed by atoms with Crippen molar-refractivity contribution >= 4 is 48.9 Å². The maximum absolute atomic E-state index is 15.8. The first kappa shape index (κ1) is 41.1. The summed E-state index contributed by atoms with van der Waals surface area (Å²) in [4.78, 5) is 40.5. The number of nitrogens with zero attached hydrogens (tertiary/aromatic N) is 4. The zero-order valence-electron chi connectivity index (χ0n) is 30.2. The number of hydrogen-bond acceptors (Lipinski definition) is 9. The normalized spacial score (nSPS) is 22.0. The highest BCUT2D eigenvalue weighted by atomic mass is 32.2. The minimum absolute atomic E-state index is 0.0289. The van der Waals surface area contributed by atoms with Gasteiger partial charge in [-0.2, -0.15) is 8.78 Å². The second-order valence-corrected chi connectivity index (χ2v) is 21.9. The summed E-state index contributed by atoms with van der Waals surface area (Å²) in [6.45, 7) is 11.8. The van der Waals surface area contributed by atoms with Crippen molar-refractivity contribution in [2.45, 2.75) is 88.0 Å². The average molecular weight is 776 g/mol. The molecule has 0 saturated heterocycles. The maximum atomic E-state index is 15.8. The topological polar surface area (TPSA) is 115 Å². The van der Waals surface area contributed by atoms with Crippen LogP contribution in [0.2, 0.25) is 25.7 Å². The molecular formula is C34H43F6N5O5SSi. The predicted molar refractivity (Wildman–Crippen MR) is 188 cm³/mol. The van der Waals surface area contributed by atoms with Gasteiger partial charge in [0.15, 0.2) is 17.6 Å². The van der Waals surface area contributed by atoms with E-state index in [-0.39, 0.29) is 34.6 Å². The van der Waals surface area contributed by atoms with E-state index in [1.807, 2.05) is 0 Å². The van der Waals surface area contributed by atoms with Crippen molar-refractivity contribution in [1.82, 2.24) is 20.2 Å². The van der Waals surface area contributed by atoms with Crippen LogP contribution < -0.4 is 10.1 Å². The quantitative estimate of drug-likeness (QED) is 0.0952. The molecule has 3 atom stereocenters. The molecule has 286 valence electrons. The number of rotatable bonds is 13. The number of aromatic nitrogens is 2. The zero-order valence-corrected chi connectivity index (χ0v) is 32.0. The molecule has 0 bridgehead atoms. The molecule has 4 rings (SSSR count). The molecule has 1 N–H and O–H groups in total. The van der Waals surface area contributed by atoms with E-state index in [9.17, 15) is 27.2 Å². The molecule has 2 heterocycles. The molecule has 10 nitrogen and oxygen atoms in total. The van der Waals surface area contributed by atoms with Gasteiger partial charge in [-0.1, -0.05) is 37.5 Å². The Morgan fingerprint density at radius 3 is 2.44 bits per heavy atom. The van der Waals surface area contributed by atoms with Crippen LogP contribution in [0.25, 0.3) is 11.9 Å². The Bertz CT molecular complexity index is 1700. The number of carbonyl (C=O) groups is 2. The van der Waals surface area contributed by atoms with E-state index >= 15 is 8.78 Å². The van der Waals surface area contributed by atoms with E-state index in [0.717, 1.165) is 42.3 Å². The van der Waals surface area contributed by atoms with Crippen molar-refractivity contribution in [3.8, 4) is 5.88 Å². The minimum atomic E-state index is -4.42. The number of fused-ring (bicyclic) bond motifs is 1. The molecule has 2 aromatic rings. The molecule has 1 saturated carbocycles. The molecule has 2 amide bonds. The number of nitrogens with one attached hydrogen (secondary N) is 1. The van der Waals surface area contributed by atoms with Gasteiger partial charge in [-0.05, 0) is 63.9 Å². The lowest BCUT2D eigenvalue weighted by atomic mass is 9.84. The van der Waals surface area contributed by atoms with E-state index in [4.69, 9.17) is 14.5 Å². The Hall–Kier alpha value is -3.64. The molecule has 1 fully saturated rings. The molecule has 1 aromatic carbocycles. The smallest absolute Gasteiger partial charge is 0.418 e. The number of alkyl halides is 4. The summed E-state index contributed by atoms with van der Waals surface area (Å²) in [6.07, 6.45) is -1.73. The summed E-state index contributed by atoms with van der Waals surface area (Å²) >= 11 is 1.08. The summed E-state index contributed by atoms with van der Waals surface area (Å²) in [7, 11) is 0.00164. The van der Waals surface area contributed by atoms with Crippen LogP contribution in [0.1, 0.15) is 50.9 Å². The fourth-order valence-electron chi connectivity index (χ4n) is 5.37. The first-order valence-electron chi connectivity index (χ1n) is 16.4. The first-order chi connectivity index (χ1) is 24.0. The average Bonchev–Trinajstić information content (AvgIpc) is 3.80. The van der Waals surface area contributed by atoms with Crippen LogP contribution in [-0.2, 0) is 19.8 Å². The third-order valence-corrected chi connectivity index (χ3v) is 11.5. The third-order valence-electron chi connectivity index (χ3n) is 8.30. The summed E-state index contributed by atoms with van der Waals surface area (Å²) in [5.41, 5.74) is -2.44. The van der Waals surface area contributed by atoms with E-state index in [2.05, 4.69) is 39.7 Å². The summed E-state index contributed by atoms with van der Waals surface area (Å²) in [5, 5.41) is 2.77. The first-order valence-corrected chi connectivity index (χ1v) is 20.9. The Kier molecular flexibility index (Phi) is 12.2. The fraction of sp³-hybridized carbons (Fsp3) is 0.559. The zero-order chi connectivity index (χ0) is 38.9. The van der Waals surface area contributed by atoms with Gasteiger partial charge >= 0.3 is 18.4 Å². The minimum Gasteiger partial charge on any atom is -0.470 e. The molecule has 2 aliphatic rings. The van der Waals surface area contributed by atoms with Gasteiger partial charge < -0.3 is 19.5 Å².